The molecule has 2 saturated heterocycles. The highest BCUT2D eigenvalue weighted by Gasteiger charge is 2.28. The fraction of sp³-hybridized carbons (Fsp3) is 0.588. The first-order valence-corrected chi connectivity index (χ1v) is 10.2. The fourth-order valence-corrected chi connectivity index (χ4v) is 4.63. The summed E-state index contributed by atoms with van der Waals surface area (Å²) in [6.45, 7) is 7.65. The van der Waals surface area contributed by atoms with Gasteiger partial charge in [0.05, 0.1) is 18.1 Å². The molecule has 1 aromatic rings. The second-order valence-electron chi connectivity index (χ2n) is 6.27. The number of morpholine rings is 1. The largest absolute Gasteiger partial charge is 0.379 e. The maximum Gasteiger partial charge on any atom is 0.253 e. The van der Waals surface area contributed by atoms with Crippen LogP contribution >= 0.6 is 0 Å². The van der Waals surface area contributed by atoms with Crippen molar-refractivity contribution < 1.29 is 17.9 Å². The Morgan fingerprint density at radius 3 is 2.40 bits per heavy atom. The first-order valence-electron chi connectivity index (χ1n) is 8.72. The number of benzene rings is 1. The molecule has 0 aromatic heterocycles. The van der Waals surface area contributed by atoms with Crippen molar-refractivity contribution in [3.05, 3.63) is 29.8 Å². The van der Waals surface area contributed by atoms with Crippen molar-refractivity contribution in [2.24, 2.45) is 0 Å². The number of rotatable bonds is 4. The number of hydrogen-bond donors (Lipinski definition) is 0. The second kappa shape index (κ2) is 7.82. The van der Waals surface area contributed by atoms with Gasteiger partial charge in [0.2, 0.25) is 10.0 Å². The van der Waals surface area contributed by atoms with Gasteiger partial charge >= 0.3 is 0 Å². The molecule has 0 unspecified atom stereocenters. The molecule has 0 bridgehead atoms. The normalized spacial score (nSPS) is 20.6. The van der Waals surface area contributed by atoms with Crippen LogP contribution in [-0.4, -0.2) is 87.5 Å². The van der Waals surface area contributed by atoms with E-state index in [4.69, 9.17) is 4.74 Å². The van der Waals surface area contributed by atoms with Gasteiger partial charge in [0.15, 0.2) is 0 Å². The molecular formula is C17H25N3O4S. The summed E-state index contributed by atoms with van der Waals surface area (Å²) in [5.74, 6) is -0.102. The first kappa shape index (κ1) is 18.3. The van der Waals surface area contributed by atoms with Crippen LogP contribution in [0.2, 0.25) is 0 Å². The average molecular weight is 367 g/mol. The van der Waals surface area contributed by atoms with Crippen LogP contribution in [0.3, 0.4) is 0 Å². The maximum atomic E-state index is 12.8. The van der Waals surface area contributed by atoms with E-state index in [1.54, 1.807) is 23.1 Å². The van der Waals surface area contributed by atoms with Gasteiger partial charge in [0.1, 0.15) is 0 Å². The van der Waals surface area contributed by atoms with Crippen LogP contribution in [0.25, 0.3) is 0 Å². The number of piperazine rings is 1. The smallest absolute Gasteiger partial charge is 0.253 e. The molecule has 7 nitrogen and oxygen atoms in total. The van der Waals surface area contributed by atoms with Gasteiger partial charge in [0, 0.05) is 44.8 Å². The van der Waals surface area contributed by atoms with E-state index in [1.807, 2.05) is 0 Å². The minimum absolute atomic E-state index is 0.102. The summed E-state index contributed by atoms with van der Waals surface area (Å²) in [5, 5.41) is 0. The van der Waals surface area contributed by atoms with Gasteiger partial charge < -0.3 is 14.5 Å². The zero-order valence-corrected chi connectivity index (χ0v) is 15.4. The summed E-state index contributed by atoms with van der Waals surface area (Å²) in [5.41, 5.74) is 0.430. The van der Waals surface area contributed by atoms with Crippen LogP contribution in [-0.2, 0) is 14.8 Å². The number of ether oxygens (including phenoxy) is 1. The molecule has 1 amide bonds. The lowest BCUT2D eigenvalue weighted by atomic mass is 10.2. The monoisotopic (exact) mass is 367 g/mol. The highest BCUT2D eigenvalue weighted by atomic mass is 32.2. The Balaban J connectivity index is 1.76. The molecule has 0 radical (unpaired) electrons. The predicted molar refractivity (Wildman–Crippen MR) is 94.0 cm³/mol. The molecule has 1 aromatic carbocycles. The Morgan fingerprint density at radius 2 is 1.76 bits per heavy atom. The van der Waals surface area contributed by atoms with Gasteiger partial charge in [-0.15, -0.1) is 0 Å². The third-order valence-electron chi connectivity index (χ3n) is 4.80. The third kappa shape index (κ3) is 4.03. The van der Waals surface area contributed by atoms with Crippen molar-refractivity contribution >= 4 is 15.9 Å². The second-order valence-corrected chi connectivity index (χ2v) is 8.21. The molecule has 2 aliphatic heterocycles. The van der Waals surface area contributed by atoms with Crippen LogP contribution in [0.1, 0.15) is 17.3 Å². The van der Waals surface area contributed by atoms with Gasteiger partial charge in [-0.25, -0.2) is 8.42 Å². The third-order valence-corrected chi connectivity index (χ3v) is 6.69. The summed E-state index contributed by atoms with van der Waals surface area (Å²) in [6, 6.07) is 6.38. The molecule has 25 heavy (non-hydrogen) atoms. The van der Waals surface area contributed by atoms with E-state index in [0.717, 1.165) is 19.6 Å². The first-order chi connectivity index (χ1) is 12.0. The molecule has 138 valence electrons. The number of carbonyl (C=O) groups is 1. The van der Waals surface area contributed by atoms with Crippen LogP contribution in [0.4, 0.5) is 0 Å². The van der Waals surface area contributed by atoms with Crippen molar-refractivity contribution in [2.45, 2.75) is 11.8 Å². The number of hydrogen-bond acceptors (Lipinski definition) is 5. The standard InChI is InChI=1S/C17H25N3O4S/c1-2-18-6-8-19(9-7-18)17(21)15-4-3-5-16(14-15)25(22,23)20-10-12-24-13-11-20/h3-5,14H,2,6-13H2,1H3. The zero-order valence-electron chi connectivity index (χ0n) is 14.6. The Morgan fingerprint density at radius 1 is 1.08 bits per heavy atom. The highest BCUT2D eigenvalue weighted by molar-refractivity contribution is 7.89. The van der Waals surface area contributed by atoms with E-state index in [2.05, 4.69) is 11.8 Å². The lowest BCUT2D eigenvalue weighted by Crippen LogP contribution is -2.48. The molecule has 2 fully saturated rings. The summed E-state index contributed by atoms with van der Waals surface area (Å²) in [7, 11) is -3.59. The molecular weight excluding hydrogens is 342 g/mol. The summed E-state index contributed by atoms with van der Waals surface area (Å²) in [6.07, 6.45) is 0. The Hall–Kier alpha value is -1.48. The van der Waals surface area contributed by atoms with Gasteiger partial charge in [-0.2, -0.15) is 4.31 Å². The van der Waals surface area contributed by atoms with Gasteiger partial charge in [-0.1, -0.05) is 13.0 Å². The van der Waals surface area contributed by atoms with Crippen molar-refractivity contribution in [3.8, 4) is 0 Å². The number of sulfonamides is 1. The van der Waals surface area contributed by atoms with Crippen LogP contribution in [0.15, 0.2) is 29.2 Å². The minimum atomic E-state index is -3.59. The lowest BCUT2D eigenvalue weighted by Gasteiger charge is -2.34. The molecule has 0 spiro atoms. The van der Waals surface area contributed by atoms with Gasteiger partial charge in [-0.3, -0.25) is 4.79 Å². The minimum Gasteiger partial charge on any atom is -0.379 e. The average Bonchev–Trinajstić information content (AvgIpc) is 2.68. The fourth-order valence-electron chi connectivity index (χ4n) is 3.18. The van der Waals surface area contributed by atoms with Crippen molar-refractivity contribution in [1.29, 1.82) is 0 Å². The number of amides is 1. The molecule has 0 aliphatic carbocycles. The van der Waals surface area contributed by atoms with Crippen LogP contribution in [0.5, 0.6) is 0 Å². The number of likely N-dealkylation sites (N-methyl/N-ethyl adjacent to an activating group) is 1. The predicted octanol–water partition coefficient (Wildman–Crippen LogP) is 0.485. The summed E-state index contributed by atoms with van der Waals surface area (Å²) >= 11 is 0. The van der Waals surface area contributed by atoms with E-state index >= 15 is 0 Å². The molecule has 0 saturated carbocycles. The van der Waals surface area contributed by atoms with Crippen molar-refractivity contribution in [3.63, 3.8) is 0 Å². The van der Waals surface area contributed by atoms with E-state index < -0.39 is 10.0 Å². The number of carbonyl (C=O) groups excluding carboxylic acids is 1. The Bertz CT molecular complexity index is 708. The summed E-state index contributed by atoms with van der Waals surface area (Å²) < 4.78 is 32.2. The highest BCUT2D eigenvalue weighted by Crippen LogP contribution is 2.19. The van der Waals surface area contributed by atoms with Crippen LogP contribution in [0, 0.1) is 0 Å². The molecule has 2 aliphatic rings. The topological polar surface area (TPSA) is 70.2 Å². The van der Waals surface area contributed by atoms with E-state index in [9.17, 15) is 13.2 Å². The Kier molecular flexibility index (Phi) is 5.73. The molecule has 0 atom stereocenters. The molecule has 8 heteroatoms. The molecule has 2 heterocycles. The van der Waals surface area contributed by atoms with Gasteiger partial charge in [-0.05, 0) is 24.7 Å². The Labute approximate surface area is 149 Å². The van der Waals surface area contributed by atoms with Crippen molar-refractivity contribution in [2.75, 3.05) is 59.0 Å². The summed E-state index contributed by atoms with van der Waals surface area (Å²) in [4.78, 5) is 17.0. The lowest BCUT2D eigenvalue weighted by molar-refractivity contribution is 0.0643. The van der Waals surface area contributed by atoms with Gasteiger partial charge in [0.25, 0.3) is 5.91 Å². The van der Waals surface area contributed by atoms with E-state index in [0.29, 0.717) is 45.0 Å². The quantitative estimate of drug-likeness (QED) is 0.774. The van der Waals surface area contributed by atoms with E-state index in [-0.39, 0.29) is 10.8 Å². The zero-order chi connectivity index (χ0) is 17.9. The maximum absolute atomic E-state index is 12.8. The molecule has 3 rings (SSSR count). The van der Waals surface area contributed by atoms with E-state index in [1.165, 1.54) is 10.4 Å². The number of nitrogens with zero attached hydrogens (tertiary/aromatic N) is 3. The molecule has 0 N–H and O–H groups in total. The van der Waals surface area contributed by atoms with Crippen molar-refractivity contribution in [1.82, 2.24) is 14.1 Å². The van der Waals surface area contributed by atoms with Crippen LogP contribution < -0.4 is 0 Å². The SMILES string of the molecule is CCN1CCN(C(=O)c2cccc(S(=O)(=O)N3CCOCC3)c2)CC1.